The van der Waals surface area contributed by atoms with E-state index < -0.39 is 0 Å². The van der Waals surface area contributed by atoms with Gasteiger partial charge >= 0.3 is 66.0 Å². The maximum absolute atomic E-state index is 3.38. The minimum absolute atomic E-state index is 1.01. The van der Waals surface area contributed by atoms with E-state index in [4.69, 9.17) is 0 Å². The molecule has 0 atom stereocenters. The van der Waals surface area contributed by atoms with Gasteiger partial charge in [0.15, 0.2) is 0 Å². The number of fused-ring (bicyclic) bond motifs is 3. The molecule has 0 nitrogen and oxygen atoms in total. The van der Waals surface area contributed by atoms with Gasteiger partial charge in [-0.25, -0.2) is 12.2 Å². The fourth-order valence-corrected chi connectivity index (χ4v) is 4.67. The van der Waals surface area contributed by atoms with Crippen molar-refractivity contribution in [2.24, 2.45) is 0 Å². The summed E-state index contributed by atoms with van der Waals surface area (Å²) in [4.78, 5) is 0. The van der Waals surface area contributed by atoms with Gasteiger partial charge in [-0.1, -0.05) is 41.8 Å². The second-order valence-corrected chi connectivity index (χ2v) is 9.67. The second kappa shape index (κ2) is 11.0. The molecular formula is C27H30Zr. The number of benzene rings is 2. The quantitative estimate of drug-likeness (QED) is 0.257. The van der Waals surface area contributed by atoms with E-state index in [1.807, 2.05) is 15.4 Å². The Morgan fingerprint density at radius 3 is 2.29 bits per heavy atom. The van der Waals surface area contributed by atoms with Crippen molar-refractivity contribution in [3.05, 3.63) is 83.0 Å². The molecule has 0 saturated heterocycles. The molecule has 0 amide bonds. The number of allylic oxidation sites excluding steroid dienone is 4. The van der Waals surface area contributed by atoms with E-state index in [9.17, 15) is 0 Å². The Bertz CT molecular complexity index is 800. The molecule has 28 heavy (non-hydrogen) atoms. The molecule has 2 aromatic rings. The van der Waals surface area contributed by atoms with Crippen LogP contribution in [0.5, 0.6) is 0 Å². The molecule has 2 aromatic carbocycles. The zero-order valence-electron chi connectivity index (χ0n) is 17.3. The summed E-state index contributed by atoms with van der Waals surface area (Å²) in [6.45, 7) is 4.28. The summed E-state index contributed by atoms with van der Waals surface area (Å²) in [6.07, 6.45) is 19.8. The van der Waals surface area contributed by atoms with Crippen LogP contribution in [0, 0.1) is 26.0 Å². The van der Waals surface area contributed by atoms with Crippen molar-refractivity contribution in [3.8, 4) is 11.1 Å². The summed E-state index contributed by atoms with van der Waals surface area (Å²) >= 11 is 1.69. The molecule has 0 aliphatic heterocycles. The third-order valence-electron chi connectivity index (χ3n) is 5.39. The molecule has 5 rings (SSSR count). The van der Waals surface area contributed by atoms with Crippen LogP contribution in [-0.4, -0.2) is 3.21 Å². The van der Waals surface area contributed by atoms with Crippen LogP contribution in [0.1, 0.15) is 67.2 Å². The Balaban J connectivity index is 0.000000144. The molecule has 0 N–H and O–H groups in total. The van der Waals surface area contributed by atoms with Crippen molar-refractivity contribution >= 4 is 3.21 Å². The van der Waals surface area contributed by atoms with E-state index in [0.29, 0.717) is 0 Å². The van der Waals surface area contributed by atoms with Crippen molar-refractivity contribution in [3.63, 3.8) is 0 Å². The molecular weight excluding hydrogens is 416 g/mol. The van der Waals surface area contributed by atoms with Gasteiger partial charge in [0.2, 0.25) is 0 Å². The predicted molar refractivity (Wildman–Crippen MR) is 117 cm³/mol. The fourth-order valence-electron chi connectivity index (χ4n) is 3.80. The van der Waals surface area contributed by atoms with E-state index in [0.717, 1.165) is 12.8 Å². The van der Waals surface area contributed by atoms with Crippen LogP contribution in [0.25, 0.3) is 11.1 Å². The summed E-state index contributed by atoms with van der Waals surface area (Å²) in [5, 5.41) is 0. The number of rotatable bonds is 0. The molecule has 0 aromatic heterocycles. The Hall–Kier alpha value is -1.33. The average Bonchev–Trinajstić information content (AvgIpc) is 3.31. The normalized spacial score (nSPS) is 16.4. The van der Waals surface area contributed by atoms with Gasteiger partial charge in [-0.2, -0.15) is 35.4 Å². The first-order valence-electron chi connectivity index (χ1n) is 10.5. The zero-order valence-corrected chi connectivity index (χ0v) is 19.7. The molecule has 0 spiro atoms. The Morgan fingerprint density at radius 2 is 1.64 bits per heavy atom. The van der Waals surface area contributed by atoms with E-state index >= 15 is 0 Å². The van der Waals surface area contributed by atoms with E-state index in [2.05, 4.69) is 62.4 Å². The Kier molecular flexibility index (Phi) is 8.41. The third kappa shape index (κ3) is 6.35. The monoisotopic (exact) mass is 444 g/mol. The van der Waals surface area contributed by atoms with Crippen LogP contribution in [0.4, 0.5) is 0 Å². The number of hydrogen-bond donors (Lipinski definition) is 0. The van der Waals surface area contributed by atoms with E-state index in [1.54, 1.807) is 24.2 Å². The standard InChI is InChI=1S/C15H13.C7H12.C5H5.Zr/c1-10-3-5-12-9-13-6-4-11(2)8-15(13)14(12)7-10;1-2-4-6-7-5-3-1;1-2-4-5-3-1;/h3-5,7-8H,9H2,1-2H3;1-6H2;1-3H,4H2;/q-1;;-1;+2. The van der Waals surface area contributed by atoms with Crippen LogP contribution >= 0.6 is 0 Å². The molecule has 0 unspecified atom stereocenters. The summed E-state index contributed by atoms with van der Waals surface area (Å²) in [5.41, 5.74) is 8.21. The predicted octanol–water partition coefficient (Wildman–Crippen LogP) is 7.04. The van der Waals surface area contributed by atoms with Gasteiger partial charge in [-0.3, -0.25) is 6.08 Å². The van der Waals surface area contributed by atoms with Gasteiger partial charge in [0.1, 0.15) is 0 Å². The molecule has 142 valence electrons. The molecule has 3 aliphatic carbocycles. The van der Waals surface area contributed by atoms with E-state index in [-0.39, 0.29) is 0 Å². The van der Waals surface area contributed by atoms with Crippen LogP contribution in [0.3, 0.4) is 0 Å². The third-order valence-corrected chi connectivity index (χ3v) is 6.62. The summed E-state index contributed by atoms with van der Waals surface area (Å²) in [7, 11) is 0. The van der Waals surface area contributed by atoms with Crippen molar-refractivity contribution in [2.45, 2.75) is 65.2 Å². The molecule has 3 aliphatic rings. The van der Waals surface area contributed by atoms with Gasteiger partial charge in [-0.15, -0.1) is 12.0 Å². The molecule has 0 bridgehead atoms. The van der Waals surface area contributed by atoms with Gasteiger partial charge in [0.25, 0.3) is 0 Å². The average molecular weight is 446 g/mol. The molecule has 0 heterocycles. The molecule has 1 saturated carbocycles. The fraction of sp³-hybridized carbons (Fsp3) is 0.370. The van der Waals surface area contributed by atoms with Crippen LogP contribution in [0.15, 0.2) is 48.6 Å². The van der Waals surface area contributed by atoms with Gasteiger partial charge in [0.05, 0.1) is 0 Å². The van der Waals surface area contributed by atoms with E-state index in [1.165, 1.54) is 71.9 Å². The van der Waals surface area contributed by atoms with Crippen LogP contribution in [0.2, 0.25) is 0 Å². The van der Waals surface area contributed by atoms with Crippen molar-refractivity contribution < 1.29 is 24.2 Å². The van der Waals surface area contributed by atoms with Gasteiger partial charge in [-0.05, 0) is 13.3 Å². The maximum atomic E-state index is 3.38. The topological polar surface area (TPSA) is 0 Å². The van der Waals surface area contributed by atoms with Crippen molar-refractivity contribution in [1.29, 1.82) is 0 Å². The van der Waals surface area contributed by atoms with Crippen LogP contribution < -0.4 is 0 Å². The Labute approximate surface area is 186 Å². The number of aryl methyl sites for hydroxylation is 2. The zero-order chi connectivity index (χ0) is 19.8. The minimum atomic E-state index is 1.01. The summed E-state index contributed by atoms with van der Waals surface area (Å²) < 4.78 is 1.81. The first-order valence-corrected chi connectivity index (χ1v) is 11.8. The molecule has 1 fully saturated rings. The van der Waals surface area contributed by atoms with Crippen molar-refractivity contribution in [2.75, 3.05) is 0 Å². The Morgan fingerprint density at radius 1 is 0.893 bits per heavy atom. The van der Waals surface area contributed by atoms with Gasteiger partial charge in [0, 0.05) is 0 Å². The van der Waals surface area contributed by atoms with Gasteiger partial charge < -0.3 is 0 Å². The first kappa shape index (κ1) is 21.4. The first-order chi connectivity index (χ1) is 13.6. The molecule has 1 heteroatoms. The second-order valence-electron chi connectivity index (χ2n) is 7.93. The van der Waals surface area contributed by atoms with Crippen LogP contribution in [-0.2, 0) is 30.7 Å². The van der Waals surface area contributed by atoms with Crippen molar-refractivity contribution in [1.82, 2.24) is 0 Å². The molecule has 0 radical (unpaired) electrons. The number of hydrogen-bond acceptors (Lipinski definition) is 0. The SMILES string of the molecule is Cc1c[c-]c2c(c1)-c1cc(C)ccc1C2.[C-]1=CC=CC1.[Zr+2]=[C]1CCCCCC1. The summed E-state index contributed by atoms with van der Waals surface area (Å²) in [5.74, 6) is 0. The summed E-state index contributed by atoms with van der Waals surface area (Å²) in [6, 6.07) is 14.5.